The van der Waals surface area contributed by atoms with Gasteiger partial charge in [-0.15, -0.1) is 11.8 Å². The largest absolute Gasteiger partial charge is 0.393 e. The molecule has 0 amide bonds. The maximum Gasteiger partial charge on any atom is 0.0580 e. The van der Waals surface area contributed by atoms with Crippen molar-refractivity contribution in [2.75, 3.05) is 5.75 Å². The van der Waals surface area contributed by atoms with Crippen LogP contribution < -0.4 is 0 Å². The van der Waals surface area contributed by atoms with Crippen LogP contribution in [0.15, 0.2) is 29.2 Å². The van der Waals surface area contributed by atoms with E-state index in [0.717, 1.165) is 25.2 Å². The number of aliphatic hydroxyl groups is 1. The van der Waals surface area contributed by atoms with Gasteiger partial charge in [-0.3, -0.25) is 0 Å². The van der Waals surface area contributed by atoms with E-state index in [0.29, 0.717) is 0 Å². The van der Waals surface area contributed by atoms with Gasteiger partial charge in [-0.1, -0.05) is 52.2 Å². The second-order valence-corrected chi connectivity index (χ2v) is 7.14. The average Bonchev–Trinajstić information content (AvgIpc) is 2.46. The highest BCUT2D eigenvalue weighted by Gasteiger charge is 2.09. The molecule has 0 bridgehead atoms. The highest BCUT2D eigenvalue weighted by molar-refractivity contribution is 7.99. The lowest BCUT2D eigenvalue weighted by Gasteiger charge is -2.15. The summed E-state index contributed by atoms with van der Waals surface area (Å²) < 4.78 is 0. The summed E-state index contributed by atoms with van der Waals surface area (Å²) in [5, 5.41) is 9.94. The molecule has 1 aromatic rings. The van der Waals surface area contributed by atoms with Gasteiger partial charge in [-0.25, -0.2) is 0 Å². The molecule has 0 aliphatic rings. The minimum Gasteiger partial charge on any atom is -0.393 e. The summed E-state index contributed by atoms with van der Waals surface area (Å²) in [4.78, 5) is 1.36. The molecule has 120 valence electrons. The molecule has 1 unspecified atom stereocenters. The lowest BCUT2D eigenvalue weighted by atomic mass is 10.0. The van der Waals surface area contributed by atoms with Gasteiger partial charge in [0.05, 0.1) is 6.10 Å². The van der Waals surface area contributed by atoms with Crippen LogP contribution in [0.1, 0.15) is 64.9 Å². The molecule has 1 rings (SSSR count). The number of hydrogen-bond acceptors (Lipinski definition) is 2. The van der Waals surface area contributed by atoms with E-state index in [4.69, 9.17) is 0 Å². The summed E-state index contributed by atoms with van der Waals surface area (Å²) in [5.74, 6) is 2.07. The van der Waals surface area contributed by atoms with Crippen LogP contribution in [0.2, 0.25) is 0 Å². The summed E-state index contributed by atoms with van der Waals surface area (Å²) in [6, 6.07) is 8.73. The van der Waals surface area contributed by atoms with E-state index in [2.05, 4.69) is 45.0 Å². The Balaban J connectivity index is 2.51. The molecule has 0 fully saturated rings. The predicted octanol–water partition coefficient (Wildman–Crippen LogP) is 5.70. The van der Waals surface area contributed by atoms with Crippen LogP contribution in [-0.4, -0.2) is 17.0 Å². The molecule has 0 saturated carbocycles. The first-order valence-corrected chi connectivity index (χ1v) is 9.57. The van der Waals surface area contributed by atoms with Gasteiger partial charge in [-0.2, -0.15) is 0 Å². The van der Waals surface area contributed by atoms with Gasteiger partial charge in [0.2, 0.25) is 0 Å². The van der Waals surface area contributed by atoms with Gasteiger partial charge in [-0.05, 0) is 49.3 Å². The lowest BCUT2D eigenvalue weighted by Crippen LogP contribution is -2.09. The molecule has 0 aliphatic carbocycles. The second-order valence-electron chi connectivity index (χ2n) is 6.05. The van der Waals surface area contributed by atoms with E-state index < -0.39 is 0 Å². The standard InChI is InChI=1S/C19H32OS/c1-4-8-16(9-5-2)15-21-19-12-7-11-17(14-19)13-18(20)10-6-3/h7,11-12,14,16,18,20H,4-6,8-10,13,15H2,1-3H3. The van der Waals surface area contributed by atoms with E-state index in [1.165, 1.54) is 41.9 Å². The highest BCUT2D eigenvalue weighted by Crippen LogP contribution is 2.26. The summed E-state index contributed by atoms with van der Waals surface area (Å²) in [6.07, 6.45) is 7.80. The topological polar surface area (TPSA) is 20.2 Å². The summed E-state index contributed by atoms with van der Waals surface area (Å²) in [5.41, 5.74) is 1.27. The smallest absolute Gasteiger partial charge is 0.0580 e. The second kappa shape index (κ2) is 11.1. The van der Waals surface area contributed by atoms with Crippen molar-refractivity contribution in [3.05, 3.63) is 29.8 Å². The lowest BCUT2D eigenvalue weighted by molar-refractivity contribution is 0.164. The van der Waals surface area contributed by atoms with Gasteiger partial charge in [0, 0.05) is 10.6 Å². The SMILES string of the molecule is CCCC(O)Cc1cccc(SCC(CCC)CCC)c1. The summed E-state index contributed by atoms with van der Waals surface area (Å²) >= 11 is 1.98. The predicted molar refractivity (Wildman–Crippen MR) is 95.1 cm³/mol. The summed E-state index contributed by atoms with van der Waals surface area (Å²) in [6.45, 7) is 6.68. The molecule has 1 aromatic carbocycles. The van der Waals surface area contributed by atoms with Crippen molar-refractivity contribution < 1.29 is 5.11 Å². The molecular weight excluding hydrogens is 276 g/mol. The summed E-state index contributed by atoms with van der Waals surface area (Å²) in [7, 11) is 0. The zero-order chi connectivity index (χ0) is 15.5. The Labute approximate surface area is 135 Å². The molecule has 0 radical (unpaired) electrons. The van der Waals surface area contributed by atoms with Crippen molar-refractivity contribution >= 4 is 11.8 Å². The molecule has 1 atom stereocenters. The molecule has 0 aliphatic heterocycles. The minimum atomic E-state index is -0.191. The Morgan fingerprint density at radius 1 is 1.00 bits per heavy atom. The third-order valence-electron chi connectivity index (χ3n) is 3.87. The van der Waals surface area contributed by atoms with Crippen LogP contribution in [0.4, 0.5) is 0 Å². The van der Waals surface area contributed by atoms with Gasteiger partial charge in [0.25, 0.3) is 0 Å². The fraction of sp³-hybridized carbons (Fsp3) is 0.684. The molecule has 2 heteroatoms. The van der Waals surface area contributed by atoms with Crippen molar-refractivity contribution in [3.63, 3.8) is 0 Å². The Bertz CT molecular complexity index is 372. The first-order chi connectivity index (χ1) is 10.2. The van der Waals surface area contributed by atoms with E-state index in [9.17, 15) is 5.11 Å². The molecule has 0 aromatic heterocycles. The normalized spacial score (nSPS) is 12.8. The third kappa shape index (κ3) is 7.92. The molecule has 0 heterocycles. The first kappa shape index (κ1) is 18.6. The Morgan fingerprint density at radius 3 is 2.29 bits per heavy atom. The fourth-order valence-corrected chi connectivity index (χ4v) is 3.98. The maximum atomic E-state index is 9.94. The van der Waals surface area contributed by atoms with Crippen molar-refractivity contribution in [3.8, 4) is 0 Å². The maximum absolute atomic E-state index is 9.94. The zero-order valence-corrected chi connectivity index (χ0v) is 14.8. The van der Waals surface area contributed by atoms with E-state index in [1.807, 2.05) is 11.8 Å². The van der Waals surface area contributed by atoms with Gasteiger partial charge in [0.15, 0.2) is 0 Å². The minimum absolute atomic E-state index is 0.191. The first-order valence-electron chi connectivity index (χ1n) is 8.59. The quantitative estimate of drug-likeness (QED) is 0.529. The average molecular weight is 309 g/mol. The molecule has 1 N–H and O–H groups in total. The molecule has 0 spiro atoms. The van der Waals surface area contributed by atoms with Crippen LogP contribution in [0.5, 0.6) is 0 Å². The molecule has 21 heavy (non-hydrogen) atoms. The number of rotatable bonds is 11. The number of thioether (sulfide) groups is 1. The van der Waals surface area contributed by atoms with Gasteiger partial charge < -0.3 is 5.11 Å². The number of benzene rings is 1. The van der Waals surface area contributed by atoms with Gasteiger partial charge in [0.1, 0.15) is 0 Å². The molecule has 0 saturated heterocycles. The van der Waals surface area contributed by atoms with Crippen molar-refractivity contribution in [2.24, 2.45) is 5.92 Å². The van der Waals surface area contributed by atoms with E-state index in [-0.39, 0.29) is 6.10 Å². The van der Waals surface area contributed by atoms with Crippen LogP contribution in [0, 0.1) is 5.92 Å². The zero-order valence-electron chi connectivity index (χ0n) is 14.0. The highest BCUT2D eigenvalue weighted by atomic mass is 32.2. The Hall–Kier alpha value is -0.470. The van der Waals surface area contributed by atoms with E-state index in [1.54, 1.807) is 0 Å². The number of hydrogen-bond donors (Lipinski definition) is 1. The molecular formula is C19H32OS. The van der Waals surface area contributed by atoms with Crippen LogP contribution in [-0.2, 0) is 6.42 Å². The van der Waals surface area contributed by atoms with E-state index >= 15 is 0 Å². The Morgan fingerprint density at radius 2 is 1.67 bits per heavy atom. The molecule has 1 nitrogen and oxygen atoms in total. The Kier molecular flexibility index (Phi) is 9.86. The van der Waals surface area contributed by atoms with Crippen LogP contribution >= 0.6 is 11.8 Å². The van der Waals surface area contributed by atoms with Crippen molar-refractivity contribution in [1.29, 1.82) is 0 Å². The monoisotopic (exact) mass is 308 g/mol. The van der Waals surface area contributed by atoms with Crippen molar-refractivity contribution in [1.82, 2.24) is 0 Å². The fourth-order valence-electron chi connectivity index (χ4n) is 2.81. The van der Waals surface area contributed by atoms with Crippen LogP contribution in [0.3, 0.4) is 0 Å². The number of aliphatic hydroxyl groups excluding tert-OH is 1. The van der Waals surface area contributed by atoms with Crippen molar-refractivity contribution in [2.45, 2.75) is 76.7 Å². The van der Waals surface area contributed by atoms with Crippen LogP contribution in [0.25, 0.3) is 0 Å². The van der Waals surface area contributed by atoms with Gasteiger partial charge >= 0.3 is 0 Å². The third-order valence-corrected chi connectivity index (χ3v) is 5.10.